The minimum absolute atomic E-state index is 0.116. The maximum atomic E-state index is 11.6. The van der Waals surface area contributed by atoms with E-state index < -0.39 is 10.1 Å². The van der Waals surface area contributed by atoms with Crippen LogP contribution < -0.4 is 0 Å². The van der Waals surface area contributed by atoms with Crippen molar-refractivity contribution in [1.29, 1.82) is 0 Å². The summed E-state index contributed by atoms with van der Waals surface area (Å²) in [5.41, 5.74) is 2.04. The largest absolute Gasteiger partial charge is 0.310 e. The molecule has 3 saturated carbocycles. The minimum Gasteiger partial charge on any atom is -0.310 e. The second kappa shape index (κ2) is 6.68. The van der Waals surface area contributed by atoms with Gasteiger partial charge in [0.25, 0.3) is 10.1 Å². The number of aromatic nitrogens is 2. The molecule has 1 unspecified atom stereocenters. The van der Waals surface area contributed by atoms with E-state index in [0.29, 0.717) is 11.3 Å². The molecule has 0 radical (unpaired) electrons. The van der Waals surface area contributed by atoms with Crippen molar-refractivity contribution in [2.45, 2.75) is 71.3 Å². The average Bonchev–Trinajstić information content (AvgIpc) is 3.27. The van der Waals surface area contributed by atoms with Crippen LogP contribution in [0.4, 0.5) is 0 Å². The highest BCUT2D eigenvalue weighted by atomic mass is 32.2. The molecule has 1 heterocycles. The molecule has 0 bridgehead atoms. The third-order valence-corrected chi connectivity index (χ3v) is 9.87. The van der Waals surface area contributed by atoms with E-state index in [2.05, 4.69) is 35.7 Å². The summed E-state index contributed by atoms with van der Waals surface area (Å²) in [6, 6.07) is 0. The van der Waals surface area contributed by atoms with E-state index in [1.807, 2.05) is 12.5 Å². The van der Waals surface area contributed by atoms with Crippen LogP contribution in [0, 0.1) is 34.5 Å². The van der Waals surface area contributed by atoms with Gasteiger partial charge in [0.2, 0.25) is 0 Å². The summed E-state index contributed by atoms with van der Waals surface area (Å²) in [6.45, 7) is 4.99. The van der Waals surface area contributed by atoms with Crippen LogP contribution in [0.2, 0.25) is 0 Å². The van der Waals surface area contributed by atoms with E-state index in [4.69, 9.17) is 4.18 Å². The average molecular weight is 419 g/mol. The summed E-state index contributed by atoms with van der Waals surface area (Å²) in [5, 5.41) is 0. The molecule has 6 heteroatoms. The first-order valence-corrected chi connectivity index (χ1v) is 13.1. The molecule has 5 nitrogen and oxygen atoms in total. The molecule has 0 spiro atoms. The highest BCUT2D eigenvalue weighted by molar-refractivity contribution is 7.86. The molecule has 1 aromatic rings. The van der Waals surface area contributed by atoms with Gasteiger partial charge in [0.15, 0.2) is 0 Å². The first-order valence-electron chi connectivity index (χ1n) is 11.3. The van der Waals surface area contributed by atoms with Gasteiger partial charge in [-0.3, -0.25) is 4.18 Å². The van der Waals surface area contributed by atoms with E-state index in [1.54, 1.807) is 0 Å². The van der Waals surface area contributed by atoms with Gasteiger partial charge in [0.1, 0.15) is 0 Å². The van der Waals surface area contributed by atoms with Crippen molar-refractivity contribution in [1.82, 2.24) is 9.55 Å². The van der Waals surface area contributed by atoms with Crippen LogP contribution in [0.1, 0.15) is 65.2 Å². The molecule has 5 rings (SSSR count). The molecule has 0 aliphatic heterocycles. The fourth-order valence-electron chi connectivity index (χ4n) is 7.90. The normalized spacial score (nSPS) is 44.5. The van der Waals surface area contributed by atoms with Gasteiger partial charge in [-0.1, -0.05) is 19.9 Å². The van der Waals surface area contributed by atoms with Gasteiger partial charge in [0.05, 0.1) is 18.7 Å². The summed E-state index contributed by atoms with van der Waals surface area (Å²) in [5.74, 6) is 2.85. The van der Waals surface area contributed by atoms with Crippen LogP contribution in [0.3, 0.4) is 0 Å². The van der Waals surface area contributed by atoms with Crippen molar-refractivity contribution in [3.63, 3.8) is 0 Å². The summed E-state index contributed by atoms with van der Waals surface area (Å²) < 4.78 is 30.9. The lowest BCUT2D eigenvalue weighted by atomic mass is 9.45. The van der Waals surface area contributed by atoms with E-state index in [1.165, 1.54) is 44.1 Å². The summed E-state index contributed by atoms with van der Waals surface area (Å²) in [7, 11) is -3.37. The van der Waals surface area contributed by atoms with Crippen LogP contribution >= 0.6 is 0 Å². The first kappa shape index (κ1) is 19.8. The number of hydrogen-bond acceptors (Lipinski definition) is 4. The molecule has 0 N–H and O–H groups in total. The maximum Gasteiger partial charge on any atom is 0.264 e. The van der Waals surface area contributed by atoms with Crippen molar-refractivity contribution < 1.29 is 12.6 Å². The smallest absolute Gasteiger partial charge is 0.264 e. The molecule has 3 fully saturated rings. The van der Waals surface area contributed by atoms with Crippen molar-refractivity contribution in [3.8, 4) is 0 Å². The van der Waals surface area contributed by atoms with Crippen LogP contribution in [0.15, 0.2) is 24.8 Å². The Bertz CT molecular complexity index is 909. The van der Waals surface area contributed by atoms with Gasteiger partial charge in [-0.2, -0.15) is 8.42 Å². The van der Waals surface area contributed by atoms with Crippen LogP contribution in [-0.4, -0.2) is 30.3 Å². The molecule has 7 atom stereocenters. The molecular formula is C23H34N2O3S. The molecule has 29 heavy (non-hydrogen) atoms. The lowest BCUT2D eigenvalue weighted by Crippen LogP contribution is -2.54. The second-order valence-corrected chi connectivity index (χ2v) is 12.2. The summed E-state index contributed by atoms with van der Waals surface area (Å²) in [6.07, 6.45) is 18.6. The predicted molar refractivity (Wildman–Crippen MR) is 113 cm³/mol. The van der Waals surface area contributed by atoms with E-state index in [-0.39, 0.29) is 11.5 Å². The zero-order chi connectivity index (χ0) is 20.4. The number of allylic oxidation sites excluding steroid dienone is 2. The third-order valence-electron chi connectivity index (χ3n) is 9.25. The van der Waals surface area contributed by atoms with Gasteiger partial charge < -0.3 is 4.57 Å². The van der Waals surface area contributed by atoms with Gasteiger partial charge in [-0.15, -0.1) is 0 Å². The van der Waals surface area contributed by atoms with Crippen molar-refractivity contribution >= 4 is 15.8 Å². The topological polar surface area (TPSA) is 61.2 Å². The fourth-order valence-corrected chi connectivity index (χ4v) is 8.57. The molecule has 4 aliphatic rings. The standard InChI is InChI=1S/C23H34N2O3S/c1-22-10-8-17(28-29(3,26)27)14-16(22)4-5-18-19-6-7-21(25-13-12-24-15-25)23(19,2)11-9-20(18)22/h7,12-13,15-20H,4-6,8-11,14H2,1-3H3/t16?,17-,18-,19-,20-,22-,23-/m0/s1. The Hall–Kier alpha value is -1.14. The number of fused-ring (bicyclic) bond motifs is 5. The first-order chi connectivity index (χ1) is 13.7. The van der Waals surface area contributed by atoms with Crippen LogP contribution in [0.5, 0.6) is 0 Å². The zero-order valence-corrected chi connectivity index (χ0v) is 18.7. The van der Waals surface area contributed by atoms with Gasteiger partial charge in [-0.25, -0.2) is 4.98 Å². The summed E-state index contributed by atoms with van der Waals surface area (Å²) >= 11 is 0. The molecule has 0 aromatic carbocycles. The molecule has 1 aromatic heterocycles. The molecular weight excluding hydrogens is 384 g/mol. The van der Waals surface area contributed by atoms with Crippen molar-refractivity contribution in [2.75, 3.05) is 6.26 Å². The van der Waals surface area contributed by atoms with Crippen LogP contribution in [-0.2, 0) is 14.3 Å². The molecule has 0 amide bonds. The lowest BCUT2D eigenvalue weighted by Gasteiger charge is -2.60. The Labute approximate surface area is 175 Å². The highest BCUT2D eigenvalue weighted by Gasteiger charge is 2.59. The number of hydrogen-bond donors (Lipinski definition) is 0. The monoisotopic (exact) mass is 418 g/mol. The van der Waals surface area contributed by atoms with Crippen molar-refractivity contribution in [3.05, 3.63) is 24.8 Å². The van der Waals surface area contributed by atoms with Gasteiger partial charge in [0, 0.05) is 23.5 Å². The number of rotatable bonds is 3. The SMILES string of the molecule is C[C@]12CC[C@H](OS(C)(=O)=O)CC1CC[C@@H]1[C@@H]2CC[C@]2(C)C(n3ccnc3)=CC[C@@H]12. The van der Waals surface area contributed by atoms with E-state index in [9.17, 15) is 8.42 Å². The quantitative estimate of drug-likeness (QED) is 0.666. The number of imidazole rings is 1. The Morgan fingerprint density at radius 1 is 1.14 bits per heavy atom. The molecule has 160 valence electrons. The number of nitrogens with zero attached hydrogens (tertiary/aromatic N) is 2. The molecule has 0 saturated heterocycles. The van der Waals surface area contributed by atoms with E-state index in [0.717, 1.165) is 37.0 Å². The maximum absolute atomic E-state index is 11.6. The zero-order valence-electron chi connectivity index (χ0n) is 17.9. The van der Waals surface area contributed by atoms with Crippen molar-refractivity contribution in [2.24, 2.45) is 34.5 Å². The Morgan fingerprint density at radius 3 is 2.69 bits per heavy atom. The van der Waals surface area contributed by atoms with Gasteiger partial charge >= 0.3 is 0 Å². The second-order valence-electron chi connectivity index (χ2n) is 10.6. The Balaban J connectivity index is 1.36. The Kier molecular flexibility index (Phi) is 4.56. The Morgan fingerprint density at radius 2 is 1.97 bits per heavy atom. The minimum atomic E-state index is -3.37. The predicted octanol–water partition coefficient (Wildman–Crippen LogP) is 4.72. The highest BCUT2D eigenvalue weighted by Crippen LogP contribution is 2.67. The van der Waals surface area contributed by atoms with E-state index >= 15 is 0 Å². The third kappa shape index (κ3) is 3.13. The van der Waals surface area contributed by atoms with Gasteiger partial charge in [-0.05, 0) is 80.5 Å². The molecule has 4 aliphatic carbocycles. The summed E-state index contributed by atoms with van der Waals surface area (Å²) in [4.78, 5) is 4.28. The fraction of sp³-hybridized carbons (Fsp3) is 0.783. The van der Waals surface area contributed by atoms with Crippen LogP contribution in [0.25, 0.3) is 5.70 Å². The lowest BCUT2D eigenvalue weighted by molar-refractivity contribution is -0.112.